The lowest BCUT2D eigenvalue weighted by Gasteiger charge is -2.32. The monoisotopic (exact) mass is 318 g/mol. The molecule has 3 rings (SSSR count). The lowest BCUT2D eigenvalue weighted by atomic mass is 10.1. The molecule has 0 bridgehead atoms. The molecule has 6 heteroatoms. The normalized spacial score (nSPS) is 17.7. The molecule has 0 N–H and O–H groups in total. The fourth-order valence-electron chi connectivity index (χ4n) is 2.90. The number of benzene rings is 1. The maximum atomic E-state index is 12.7. The molecule has 1 aliphatic heterocycles. The number of aromatic nitrogens is 3. The van der Waals surface area contributed by atoms with Gasteiger partial charge in [-0.15, -0.1) is 10.2 Å². The number of halogens is 1. The highest BCUT2D eigenvalue weighted by Gasteiger charge is 2.33. The van der Waals surface area contributed by atoms with E-state index in [-0.39, 0.29) is 11.9 Å². The minimum atomic E-state index is -0.261. The van der Waals surface area contributed by atoms with Crippen LogP contribution in [0.3, 0.4) is 0 Å². The van der Waals surface area contributed by atoms with E-state index < -0.39 is 0 Å². The Morgan fingerprint density at radius 1 is 1.32 bits per heavy atom. The van der Waals surface area contributed by atoms with Crippen molar-refractivity contribution in [1.82, 2.24) is 19.7 Å². The quantitative estimate of drug-likeness (QED) is 0.870. The topological polar surface area (TPSA) is 51.0 Å². The van der Waals surface area contributed by atoms with Gasteiger partial charge in [0.2, 0.25) is 5.91 Å². The molecule has 0 radical (unpaired) electrons. The van der Waals surface area contributed by atoms with Crippen molar-refractivity contribution in [3.05, 3.63) is 46.5 Å². The molecule has 0 saturated carbocycles. The van der Waals surface area contributed by atoms with E-state index in [4.69, 9.17) is 11.6 Å². The summed E-state index contributed by atoms with van der Waals surface area (Å²) in [4.78, 5) is 14.5. The van der Waals surface area contributed by atoms with E-state index in [9.17, 15) is 4.79 Å². The van der Waals surface area contributed by atoms with E-state index >= 15 is 0 Å². The van der Waals surface area contributed by atoms with Crippen LogP contribution >= 0.6 is 11.6 Å². The zero-order chi connectivity index (χ0) is 15.7. The summed E-state index contributed by atoms with van der Waals surface area (Å²) in [7, 11) is 0. The van der Waals surface area contributed by atoms with Crippen molar-refractivity contribution in [2.45, 2.75) is 45.8 Å². The summed E-state index contributed by atoms with van der Waals surface area (Å²) in [6.07, 6.45) is 1.83. The van der Waals surface area contributed by atoms with E-state index in [0.29, 0.717) is 18.1 Å². The number of carbonyl (C=O) groups is 1. The predicted octanol–water partition coefficient (Wildman–Crippen LogP) is 2.99. The molecule has 1 aliphatic rings. The van der Waals surface area contributed by atoms with Crippen LogP contribution in [-0.4, -0.2) is 25.6 Å². The van der Waals surface area contributed by atoms with Crippen LogP contribution in [0.5, 0.6) is 0 Å². The molecule has 1 aromatic carbocycles. The van der Waals surface area contributed by atoms with Crippen LogP contribution in [0.2, 0.25) is 5.02 Å². The van der Waals surface area contributed by atoms with E-state index in [1.165, 1.54) is 0 Å². The number of carbonyl (C=O) groups excluding carboxylic acids is 1. The number of fused-ring (bicyclic) bond motifs is 1. The van der Waals surface area contributed by atoms with Gasteiger partial charge in [0.05, 0.1) is 6.54 Å². The first-order valence-electron chi connectivity index (χ1n) is 7.56. The summed E-state index contributed by atoms with van der Waals surface area (Å²) < 4.78 is 1.98. The van der Waals surface area contributed by atoms with Gasteiger partial charge in [-0.1, -0.05) is 36.7 Å². The van der Waals surface area contributed by atoms with E-state index in [2.05, 4.69) is 17.1 Å². The Labute approximate surface area is 134 Å². The minimum absolute atomic E-state index is 0.0876. The largest absolute Gasteiger partial charge is 0.329 e. The zero-order valence-corrected chi connectivity index (χ0v) is 13.5. The Hall–Kier alpha value is -1.88. The van der Waals surface area contributed by atoms with Gasteiger partial charge in [0.25, 0.3) is 0 Å². The average molecular weight is 319 g/mol. The van der Waals surface area contributed by atoms with Gasteiger partial charge >= 0.3 is 0 Å². The molecule has 5 nitrogen and oxygen atoms in total. The van der Waals surface area contributed by atoms with Crippen LogP contribution in [0, 0.1) is 0 Å². The highest BCUT2D eigenvalue weighted by molar-refractivity contribution is 6.31. The van der Waals surface area contributed by atoms with Crippen LogP contribution < -0.4 is 0 Å². The molecule has 1 atom stereocenters. The SMILES string of the molecule is CCCc1nnc2n1[C@@H](C)C(=O)N(Cc1ccccc1Cl)C2. The molecule has 0 aliphatic carbocycles. The lowest BCUT2D eigenvalue weighted by Crippen LogP contribution is -2.41. The zero-order valence-electron chi connectivity index (χ0n) is 12.8. The number of amides is 1. The second-order valence-corrected chi connectivity index (χ2v) is 6.02. The average Bonchev–Trinajstić information content (AvgIpc) is 2.90. The number of hydrogen-bond acceptors (Lipinski definition) is 3. The molecule has 1 aromatic heterocycles. The molecule has 116 valence electrons. The third-order valence-corrected chi connectivity index (χ3v) is 4.39. The number of hydrogen-bond donors (Lipinski definition) is 0. The maximum Gasteiger partial charge on any atom is 0.246 e. The van der Waals surface area contributed by atoms with Gasteiger partial charge in [-0.3, -0.25) is 4.79 Å². The summed E-state index contributed by atoms with van der Waals surface area (Å²) in [5.74, 6) is 1.84. The Balaban J connectivity index is 1.87. The van der Waals surface area contributed by atoms with Crippen molar-refractivity contribution in [3.63, 3.8) is 0 Å². The predicted molar refractivity (Wildman–Crippen MR) is 84.4 cm³/mol. The highest BCUT2D eigenvalue weighted by Crippen LogP contribution is 2.26. The summed E-state index contributed by atoms with van der Waals surface area (Å²) in [5.41, 5.74) is 0.950. The standard InChI is InChI=1S/C16H19ClN4O/c1-3-6-14-18-19-15-10-20(16(22)11(2)21(14)15)9-12-7-4-5-8-13(12)17/h4-5,7-8,11H,3,6,9-10H2,1-2H3/t11-/m0/s1. The third kappa shape index (κ3) is 2.61. The van der Waals surface area contributed by atoms with E-state index in [0.717, 1.165) is 30.1 Å². The molecular weight excluding hydrogens is 300 g/mol. The van der Waals surface area contributed by atoms with Gasteiger partial charge in [-0.2, -0.15) is 0 Å². The summed E-state index contributed by atoms with van der Waals surface area (Å²) in [6, 6.07) is 7.35. The summed E-state index contributed by atoms with van der Waals surface area (Å²) >= 11 is 6.20. The Morgan fingerprint density at radius 2 is 2.09 bits per heavy atom. The van der Waals surface area contributed by atoms with Gasteiger partial charge < -0.3 is 9.47 Å². The highest BCUT2D eigenvalue weighted by atomic mass is 35.5. The Morgan fingerprint density at radius 3 is 2.82 bits per heavy atom. The number of rotatable bonds is 4. The molecule has 1 amide bonds. The smallest absolute Gasteiger partial charge is 0.246 e. The van der Waals surface area contributed by atoms with Crippen LogP contribution in [0.15, 0.2) is 24.3 Å². The van der Waals surface area contributed by atoms with E-state index in [1.807, 2.05) is 35.8 Å². The van der Waals surface area contributed by atoms with Gasteiger partial charge in [0.1, 0.15) is 11.9 Å². The first kappa shape index (κ1) is 15.0. The van der Waals surface area contributed by atoms with Crippen LogP contribution in [0.4, 0.5) is 0 Å². The summed E-state index contributed by atoms with van der Waals surface area (Å²) in [6.45, 7) is 4.98. The molecule has 0 spiro atoms. The minimum Gasteiger partial charge on any atom is -0.329 e. The van der Waals surface area contributed by atoms with E-state index in [1.54, 1.807) is 4.90 Å². The molecule has 2 aromatic rings. The molecule has 22 heavy (non-hydrogen) atoms. The first-order valence-corrected chi connectivity index (χ1v) is 7.94. The maximum absolute atomic E-state index is 12.7. The molecular formula is C16H19ClN4O. The van der Waals surface area contributed by atoms with Gasteiger partial charge in [-0.25, -0.2) is 0 Å². The van der Waals surface area contributed by atoms with Crippen molar-refractivity contribution in [2.24, 2.45) is 0 Å². The third-order valence-electron chi connectivity index (χ3n) is 4.02. The molecule has 0 fully saturated rings. The van der Waals surface area contributed by atoms with Crippen LogP contribution in [0.25, 0.3) is 0 Å². The van der Waals surface area contributed by atoms with Crippen molar-refractivity contribution in [1.29, 1.82) is 0 Å². The fourth-order valence-corrected chi connectivity index (χ4v) is 3.09. The molecule has 2 heterocycles. The fraction of sp³-hybridized carbons (Fsp3) is 0.438. The van der Waals surface area contributed by atoms with Gasteiger partial charge in [0.15, 0.2) is 5.82 Å². The number of aryl methyl sites for hydroxylation is 1. The van der Waals surface area contributed by atoms with Crippen molar-refractivity contribution < 1.29 is 4.79 Å². The Kier molecular flexibility index (Phi) is 4.16. The molecule has 0 saturated heterocycles. The van der Waals surface area contributed by atoms with Crippen LogP contribution in [-0.2, 0) is 24.3 Å². The Bertz CT molecular complexity index is 697. The van der Waals surface area contributed by atoms with Gasteiger partial charge in [0, 0.05) is 18.0 Å². The summed E-state index contributed by atoms with van der Waals surface area (Å²) in [5, 5.41) is 9.18. The van der Waals surface area contributed by atoms with Crippen LogP contribution in [0.1, 0.15) is 43.5 Å². The van der Waals surface area contributed by atoms with Crippen molar-refractivity contribution in [3.8, 4) is 0 Å². The lowest BCUT2D eigenvalue weighted by molar-refractivity contribution is -0.137. The van der Waals surface area contributed by atoms with Gasteiger partial charge in [-0.05, 0) is 25.0 Å². The van der Waals surface area contributed by atoms with Crippen molar-refractivity contribution in [2.75, 3.05) is 0 Å². The molecule has 0 unspecified atom stereocenters. The first-order chi connectivity index (χ1) is 10.6. The second kappa shape index (κ2) is 6.08. The second-order valence-electron chi connectivity index (χ2n) is 5.61. The number of nitrogens with zero attached hydrogens (tertiary/aromatic N) is 4. The van der Waals surface area contributed by atoms with Crippen molar-refractivity contribution >= 4 is 17.5 Å².